The van der Waals surface area contributed by atoms with Gasteiger partial charge in [0.15, 0.2) is 0 Å². The normalized spacial score (nSPS) is 17.7. The molecule has 2 aromatic heterocycles. The number of carbonyl (C=O) groups excluding carboxylic acids is 1. The predicted octanol–water partition coefficient (Wildman–Crippen LogP) is 2.54. The van der Waals surface area contributed by atoms with E-state index in [-0.39, 0.29) is 5.91 Å². The first-order chi connectivity index (χ1) is 14.2. The van der Waals surface area contributed by atoms with Crippen molar-refractivity contribution in [3.05, 3.63) is 22.3 Å². The SMILES string of the molecule is CCCc1nnsc1C(=O)N1CCN(c2nc(C)cc(N3CCCCC3)n2)CC1. The maximum Gasteiger partial charge on any atom is 0.267 e. The summed E-state index contributed by atoms with van der Waals surface area (Å²) in [4.78, 5) is 29.6. The largest absolute Gasteiger partial charge is 0.356 e. The Morgan fingerprint density at radius 2 is 1.79 bits per heavy atom. The summed E-state index contributed by atoms with van der Waals surface area (Å²) >= 11 is 1.21. The number of piperazine rings is 1. The van der Waals surface area contributed by atoms with Gasteiger partial charge in [0, 0.05) is 51.0 Å². The smallest absolute Gasteiger partial charge is 0.267 e. The van der Waals surface area contributed by atoms with Crippen molar-refractivity contribution in [2.75, 3.05) is 49.1 Å². The summed E-state index contributed by atoms with van der Waals surface area (Å²) in [6, 6.07) is 2.08. The minimum atomic E-state index is 0.0577. The number of piperidine rings is 1. The molecule has 0 saturated carbocycles. The molecular formula is C20H29N7OS. The van der Waals surface area contributed by atoms with Crippen molar-refractivity contribution in [2.45, 2.75) is 46.0 Å². The lowest BCUT2D eigenvalue weighted by Gasteiger charge is -2.35. The zero-order chi connectivity index (χ0) is 20.2. The molecule has 0 N–H and O–H groups in total. The van der Waals surface area contributed by atoms with E-state index in [2.05, 4.69) is 37.4 Å². The Morgan fingerprint density at radius 1 is 1.03 bits per heavy atom. The Balaban J connectivity index is 1.42. The first-order valence-electron chi connectivity index (χ1n) is 10.6. The van der Waals surface area contributed by atoms with Gasteiger partial charge in [0.2, 0.25) is 5.95 Å². The fraction of sp³-hybridized carbons (Fsp3) is 0.650. The number of anilines is 2. The summed E-state index contributed by atoms with van der Waals surface area (Å²) in [5.41, 5.74) is 1.83. The minimum absolute atomic E-state index is 0.0577. The molecule has 2 fully saturated rings. The molecule has 0 unspecified atom stereocenters. The highest BCUT2D eigenvalue weighted by Crippen LogP contribution is 2.23. The molecule has 0 bridgehead atoms. The molecule has 2 aliphatic heterocycles. The van der Waals surface area contributed by atoms with Crippen LogP contribution in [0.2, 0.25) is 0 Å². The standard InChI is InChI=1S/C20H29N7OS/c1-3-7-16-18(29-24-23-16)19(28)26-10-12-27(13-11-26)20-21-15(2)14-17(22-20)25-8-5-4-6-9-25/h14H,3-13H2,1-2H3. The number of amides is 1. The quantitative estimate of drug-likeness (QED) is 0.742. The van der Waals surface area contributed by atoms with Gasteiger partial charge in [-0.05, 0) is 44.1 Å². The molecule has 156 valence electrons. The molecule has 0 spiro atoms. The maximum atomic E-state index is 12.9. The monoisotopic (exact) mass is 415 g/mol. The Kier molecular flexibility index (Phi) is 6.22. The van der Waals surface area contributed by atoms with E-state index in [0.717, 1.165) is 62.2 Å². The zero-order valence-corrected chi connectivity index (χ0v) is 18.1. The van der Waals surface area contributed by atoms with E-state index in [1.54, 1.807) is 0 Å². The first kappa shape index (κ1) is 20.0. The highest BCUT2D eigenvalue weighted by molar-refractivity contribution is 7.08. The summed E-state index contributed by atoms with van der Waals surface area (Å²) in [5.74, 6) is 1.87. The van der Waals surface area contributed by atoms with Crippen LogP contribution in [-0.2, 0) is 6.42 Å². The lowest BCUT2D eigenvalue weighted by atomic mass is 10.1. The van der Waals surface area contributed by atoms with Crippen molar-refractivity contribution in [3.8, 4) is 0 Å². The van der Waals surface area contributed by atoms with Crippen molar-refractivity contribution in [2.24, 2.45) is 0 Å². The van der Waals surface area contributed by atoms with E-state index < -0.39 is 0 Å². The molecule has 0 aliphatic carbocycles. The van der Waals surface area contributed by atoms with Gasteiger partial charge >= 0.3 is 0 Å². The second-order valence-electron chi connectivity index (χ2n) is 7.79. The number of aromatic nitrogens is 4. The van der Waals surface area contributed by atoms with E-state index in [0.29, 0.717) is 18.0 Å². The van der Waals surface area contributed by atoms with Crippen LogP contribution in [0.1, 0.15) is 53.7 Å². The average molecular weight is 416 g/mol. The van der Waals surface area contributed by atoms with E-state index >= 15 is 0 Å². The highest BCUT2D eigenvalue weighted by atomic mass is 32.1. The number of nitrogens with zero attached hydrogens (tertiary/aromatic N) is 7. The Labute approximate surface area is 176 Å². The summed E-state index contributed by atoms with van der Waals surface area (Å²) in [7, 11) is 0. The second kappa shape index (κ2) is 9.02. The summed E-state index contributed by atoms with van der Waals surface area (Å²) < 4.78 is 3.99. The Morgan fingerprint density at radius 3 is 2.52 bits per heavy atom. The number of aryl methyl sites for hydroxylation is 2. The molecule has 8 nitrogen and oxygen atoms in total. The predicted molar refractivity (Wildman–Crippen MR) is 115 cm³/mol. The molecule has 9 heteroatoms. The van der Waals surface area contributed by atoms with Gasteiger partial charge in [0.1, 0.15) is 10.7 Å². The van der Waals surface area contributed by atoms with Gasteiger partial charge in [0.05, 0.1) is 5.69 Å². The van der Waals surface area contributed by atoms with Crippen LogP contribution >= 0.6 is 11.5 Å². The van der Waals surface area contributed by atoms with E-state index in [9.17, 15) is 4.79 Å². The van der Waals surface area contributed by atoms with Gasteiger partial charge in [-0.1, -0.05) is 17.8 Å². The average Bonchev–Trinajstić information content (AvgIpc) is 3.22. The molecule has 29 heavy (non-hydrogen) atoms. The van der Waals surface area contributed by atoms with Crippen LogP contribution in [0.5, 0.6) is 0 Å². The van der Waals surface area contributed by atoms with Crippen LogP contribution in [0.3, 0.4) is 0 Å². The van der Waals surface area contributed by atoms with Crippen LogP contribution in [0.4, 0.5) is 11.8 Å². The number of rotatable bonds is 5. The van der Waals surface area contributed by atoms with E-state index in [1.165, 1.54) is 30.8 Å². The molecule has 0 radical (unpaired) electrons. The third-order valence-electron chi connectivity index (χ3n) is 5.60. The van der Waals surface area contributed by atoms with Crippen molar-refractivity contribution < 1.29 is 4.79 Å². The maximum absolute atomic E-state index is 12.9. The zero-order valence-electron chi connectivity index (χ0n) is 17.3. The summed E-state index contributed by atoms with van der Waals surface area (Å²) in [5, 5.41) is 4.13. The van der Waals surface area contributed by atoms with Crippen LogP contribution in [0, 0.1) is 6.92 Å². The summed E-state index contributed by atoms with van der Waals surface area (Å²) in [6.45, 7) is 9.07. The molecular weight excluding hydrogens is 386 g/mol. The fourth-order valence-corrected chi connectivity index (χ4v) is 4.66. The topological polar surface area (TPSA) is 78.4 Å². The lowest BCUT2D eigenvalue weighted by molar-refractivity contribution is 0.0749. The molecule has 0 aromatic carbocycles. The van der Waals surface area contributed by atoms with Crippen LogP contribution < -0.4 is 9.80 Å². The van der Waals surface area contributed by atoms with Gasteiger partial charge in [0.25, 0.3) is 5.91 Å². The van der Waals surface area contributed by atoms with E-state index in [4.69, 9.17) is 4.98 Å². The van der Waals surface area contributed by atoms with Crippen LogP contribution in [0.25, 0.3) is 0 Å². The molecule has 2 saturated heterocycles. The van der Waals surface area contributed by atoms with Gasteiger partial charge < -0.3 is 14.7 Å². The lowest BCUT2D eigenvalue weighted by Crippen LogP contribution is -2.49. The first-order valence-corrected chi connectivity index (χ1v) is 11.4. The molecule has 2 aromatic rings. The molecule has 2 aliphatic rings. The van der Waals surface area contributed by atoms with E-state index in [1.807, 2.05) is 11.8 Å². The van der Waals surface area contributed by atoms with Gasteiger partial charge in [-0.2, -0.15) is 4.98 Å². The van der Waals surface area contributed by atoms with Gasteiger partial charge in [-0.25, -0.2) is 4.98 Å². The number of hydrogen-bond acceptors (Lipinski definition) is 8. The number of carbonyl (C=O) groups is 1. The van der Waals surface area contributed by atoms with Crippen LogP contribution in [0.15, 0.2) is 6.07 Å². The molecule has 4 rings (SSSR count). The molecule has 4 heterocycles. The fourth-order valence-electron chi connectivity index (χ4n) is 3.99. The molecule has 0 atom stereocenters. The third kappa shape index (κ3) is 4.49. The highest BCUT2D eigenvalue weighted by Gasteiger charge is 2.27. The molecule has 1 amide bonds. The Hall–Kier alpha value is -2.29. The second-order valence-corrected chi connectivity index (χ2v) is 8.55. The van der Waals surface area contributed by atoms with Gasteiger partial charge in [-0.15, -0.1) is 5.10 Å². The van der Waals surface area contributed by atoms with Crippen molar-refractivity contribution in [1.29, 1.82) is 0 Å². The number of hydrogen-bond donors (Lipinski definition) is 0. The summed E-state index contributed by atoms with van der Waals surface area (Å²) in [6.07, 6.45) is 5.52. The van der Waals surface area contributed by atoms with Crippen LogP contribution in [-0.4, -0.2) is 69.6 Å². The third-order valence-corrected chi connectivity index (χ3v) is 6.35. The van der Waals surface area contributed by atoms with Crippen molar-refractivity contribution in [1.82, 2.24) is 24.5 Å². The van der Waals surface area contributed by atoms with Crippen molar-refractivity contribution >= 4 is 29.2 Å². The van der Waals surface area contributed by atoms with Crippen molar-refractivity contribution in [3.63, 3.8) is 0 Å². The minimum Gasteiger partial charge on any atom is -0.356 e. The van der Waals surface area contributed by atoms with Gasteiger partial charge in [-0.3, -0.25) is 4.79 Å². The Bertz CT molecular complexity index is 841.